The molecule has 0 aliphatic rings. The quantitative estimate of drug-likeness (QED) is 0.723. The molecule has 0 atom stereocenters. The van der Waals surface area contributed by atoms with Crippen LogP contribution < -0.4 is 10.0 Å². The fourth-order valence-electron chi connectivity index (χ4n) is 2.52. The van der Waals surface area contributed by atoms with E-state index in [2.05, 4.69) is 15.0 Å². The molecule has 0 aliphatic carbocycles. The van der Waals surface area contributed by atoms with Gasteiger partial charge < -0.3 is 5.32 Å². The first-order valence-corrected chi connectivity index (χ1v) is 9.62. The number of anilines is 1. The van der Waals surface area contributed by atoms with E-state index in [4.69, 9.17) is 0 Å². The van der Waals surface area contributed by atoms with E-state index < -0.39 is 10.0 Å². The fraction of sp³-hybridized carbons (Fsp3) is 0.158. The zero-order chi connectivity index (χ0) is 18.7. The molecule has 1 aromatic heterocycles. The number of fused-ring (bicyclic) bond motifs is 1. The van der Waals surface area contributed by atoms with Crippen molar-refractivity contribution in [1.82, 2.24) is 10.3 Å². The summed E-state index contributed by atoms with van der Waals surface area (Å²) in [6, 6.07) is 14.8. The van der Waals surface area contributed by atoms with E-state index in [1.807, 2.05) is 26.0 Å². The SMILES string of the molecule is CC(C)NC(=O)c1ccc(S(=O)(=O)Nc2cccc3cccnc23)cc1. The Morgan fingerprint density at radius 3 is 2.38 bits per heavy atom. The number of pyridine rings is 1. The molecule has 0 saturated carbocycles. The number of carbonyl (C=O) groups is 1. The molecule has 7 heteroatoms. The van der Waals surface area contributed by atoms with Crippen LogP contribution in [0.1, 0.15) is 24.2 Å². The Morgan fingerprint density at radius 1 is 1.00 bits per heavy atom. The summed E-state index contributed by atoms with van der Waals surface area (Å²) in [6.45, 7) is 3.72. The van der Waals surface area contributed by atoms with Gasteiger partial charge in [-0.2, -0.15) is 0 Å². The van der Waals surface area contributed by atoms with Gasteiger partial charge in [-0.1, -0.05) is 18.2 Å². The molecule has 2 N–H and O–H groups in total. The van der Waals surface area contributed by atoms with E-state index in [0.29, 0.717) is 16.8 Å². The van der Waals surface area contributed by atoms with Crippen molar-refractivity contribution in [1.29, 1.82) is 0 Å². The van der Waals surface area contributed by atoms with Gasteiger partial charge in [0.15, 0.2) is 0 Å². The third-order valence-corrected chi connectivity index (χ3v) is 5.11. The van der Waals surface area contributed by atoms with Crippen molar-refractivity contribution in [3.05, 3.63) is 66.4 Å². The van der Waals surface area contributed by atoms with Crippen LogP contribution in [0.4, 0.5) is 5.69 Å². The van der Waals surface area contributed by atoms with Gasteiger partial charge in [0.2, 0.25) is 0 Å². The van der Waals surface area contributed by atoms with Gasteiger partial charge in [0.05, 0.1) is 16.1 Å². The molecule has 1 amide bonds. The minimum absolute atomic E-state index is 0.00596. The summed E-state index contributed by atoms with van der Waals surface area (Å²) >= 11 is 0. The van der Waals surface area contributed by atoms with Crippen molar-refractivity contribution < 1.29 is 13.2 Å². The monoisotopic (exact) mass is 369 g/mol. The second-order valence-corrected chi connectivity index (χ2v) is 7.82. The molecule has 26 heavy (non-hydrogen) atoms. The number of benzene rings is 2. The Labute approximate surface area is 152 Å². The standard InChI is InChI=1S/C19H19N3O3S/c1-13(2)21-19(23)15-8-10-16(11-9-15)26(24,25)22-17-7-3-5-14-6-4-12-20-18(14)17/h3-13,22H,1-2H3,(H,21,23). The van der Waals surface area contributed by atoms with Crippen LogP contribution >= 0.6 is 0 Å². The number of sulfonamides is 1. The Balaban J connectivity index is 1.87. The number of carbonyl (C=O) groups excluding carboxylic acids is 1. The van der Waals surface area contributed by atoms with Gasteiger partial charge in [-0.3, -0.25) is 14.5 Å². The van der Waals surface area contributed by atoms with E-state index in [1.54, 1.807) is 24.4 Å². The molecule has 3 aromatic rings. The maximum atomic E-state index is 12.7. The number of para-hydroxylation sites is 1. The van der Waals surface area contributed by atoms with Gasteiger partial charge >= 0.3 is 0 Å². The molecule has 0 fully saturated rings. The Kier molecular flexibility index (Phi) is 4.90. The van der Waals surface area contributed by atoms with E-state index >= 15 is 0 Å². The zero-order valence-corrected chi connectivity index (χ0v) is 15.2. The maximum absolute atomic E-state index is 12.7. The summed E-state index contributed by atoms with van der Waals surface area (Å²) in [5, 5.41) is 3.61. The van der Waals surface area contributed by atoms with Gasteiger partial charge in [-0.25, -0.2) is 8.42 Å². The summed E-state index contributed by atoms with van der Waals surface area (Å²) in [4.78, 5) is 16.3. The molecule has 134 valence electrons. The summed E-state index contributed by atoms with van der Waals surface area (Å²) in [6.07, 6.45) is 1.61. The van der Waals surface area contributed by atoms with Crippen LogP contribution in [0.2, 0.25) is 0 Å². The predicted octanol–water partition coefficient (Wildman–Crippen LogP) is 3.17. The van der Waals surface area contributed by atoms with Crippen LogP contribution in [0.3, 0.4) is 0 Å². The van der Waals surface area contributed by atoms with Crippen molar-refractivity contribution in [2.45, 2.75) is 24.8 Å². The third kappa shape index (κ3) is 3.83. The number of hydrogen-bond acceptors (Lipinski definition) is 4. The van der Waals surface area contributed by atoms with Crippen LogP contribution in [-0.2, 0) is 10.0 Å². The molecule has 6 nitrogen and oxygen atoms in total. The summed E-state index contributed by atoms with van der Waals surface area (Å²) in [5.41, 5.74) is 1.39. The van der Waals surface area contributed by atoms with Crippen molar-refractivity contribution in [2.75, 3.05) is 4.72 Å². The summed E-state index contributed by atoms with van der Waals surface area (Å²) in [7, 11) is -3.79. The molecular weight excluding hydrogens is 350 g/mol. The van der Waals surface area contributed by atoms with Gasteiger partial charge in [0.25, 0.3) is 15.9 Å². The second kappa shape index (κ2) is 7.13. The van der Waals surface area contributed by atoms with Crippen molar-refractivity contribution in [3.63, 3.8) is 0 Å². The van der Waals surface area contributed by atoms with Gasteiger partial charge in [0.1, 0.15) is 0 Å². The highest BCUT2D eigenvalue weighted by atomic mass is 32.2. The molecule has 0 spiro atoms. The van der Waals surface area contributed by atoms with Crippen LogP contribution in [0.5, 0.6) is 0 Å². The number of nitrogens with zero attached hydrogens (tertiary/aromatic N) is 1. The molecule has 1 heterocycles. The molecular formula is C19H19N3O3S. The number of amides is 1. The highest BCUT2D eigenvalue weighted by Gasteiger charge is 2.17. The maximum Gasteiger partial charge on any atom is 0.261 e. The summed E-state index contributed by atoms with van der Waals surface area (Å²) in [5.74, 6) is -0.241. The van der Waals surface area contributed by atoms with Crippen molar-refractivity contribution in [2.24, 2.45) is 0 Å². The molecule has 0 radical (unpaired) electrons. The molecule has 0 saturated heterocycles. The smallest absolute Gasteiger partial charge is 0.261 e. The second-order valence-electron chi connectivity index (χ2n) is 6.14. The first-order valence-electron chi connectivity index (χ1n) is 8.14. The Hall–Kier alpha value is -2.93. The van der Waals surface area contributed by atoms with Gasteiger partial charge in [0, 0.05) is 23.2 Å². The lowest BCUT2D eigenvalue weighted by atomic mass is 10.2. The van der Waals surface area contributed by atoms with E-state index in [1.165, 1.54) is 24.3 Å². The van der Waals surface area contributed by atoms with E-state index in [9.17, 15) is 13.2 Å². The highest BCUT2D eigenvalue weighted by Crippen LogP contribution is 2.24. The molecule has 0 unspecified atom stereocenters. The number of hydrogen-bond donors (Lipinski definition) is 2. The van der Waals surface area contributed by atoms with Gasteiger partial charge in [-0.15, -0.1) is 0 Å². The average molecular weight is 369 g/mol. The van der Waals surface area contributed by atoms with Crippen LogP contribution in [0, 0.1) is 0 Å². The normalized spacial score (nSPS) is 11.5. The van der Waals surface area contributed by atoms with Crippen molar-refractivity contribution in [3.8, 4) is 0 Å². The minimum atomic E-state index is -3.79. The lowest BCUT2D eigenvalue weighted by molar-refractivity contribution is 0.0943. The number of rotatable bonds is 5. The first-order chi connectivity index (χ1) is 12.4. The van der Waals surface area contributed by atoms with Crippen molar-refractivity contribution >= 4 is 32.5 Å². The van der Waals surface area contributed by atoms with Gasteiger partial charge in [-0.05, 0) is 50.2 Å². The predicted molar refractivity (Wildman–Crippen MR) is 102 cm³/mol. The molecule has 2 aromatic carbocycles. The fourth-order valence-corrected chi connectivity index (χ4v) is 3.59. The van der Waals surface area contributed by atoms with E-state index in [-0.39, 0.29) is 16.8 Å². The number of nitrogens with one attached hydrogen (secondary N) is 2. The van der Waals surface area contributed by atoms with E-state index in [0.717, 1.165) is 5.39 Å². The van der Waals surface area contributed by atoms with Crippen LogP contribution in [0.25, 0.3) is 10.9 Å². The highest BCUT2D eigenvalue weighted by molar-refractivity contribution is 7.92. The lowest BCUT2D eigenvalue weighted by Crippen LogP contribution is -2.30. The molecule has 3 rings (SSSR count). The molecule has 0 aliphatic heterocycles. The number of aromatic nitrogens is 1. The van der Waals surface area contributed by atoms with Crippen LogP contribution in [0.15, 0.2) is 65.7 Å². The average Bonchev–Trinajstić information content (AvgIpc) is 2.61. The molecule has 0 bridgehead atoms. The third-order valence-electron chi connectivity index (χ3n) is 3.72. The summed E-state index contributed by atoms with van der Waals surface area (Å²) < 4.78 is 27.9. The largest absolute Gasteiger partial charge is 0.350 e. The first kappa shape index (κ1) is 17.9. The minimum Gasteiger partial charge on any atom is -0.350 e. The lowest BCUT2D eigenvalue weighted by Gasteiger charge is -2.11. The Morgan fingerprint density at radius 2 is 1.69 bits per heavy atom. The topological polar surface area (TPSA) is 88.2 Å². The Bertz CT molecular complexity index is 1040. The zero-order valence-electron chi connectivity index (χ0n) is 14.4. The van der Waals surface area contributed by atoms with Crippen LogP contribution in [-0.4, -0.2) is 25.4 Å².